The first-order valence-electron chi connectivity index (χ1n) is 12.8. The Morgan fingerprint density at radius 1 is 1.12 bits per heavy atom. The number of ether oxygens (including phenoxy) is 3. The molecule has 0 aromatic carbocycles. The zero-order valence-corrected chi connectivity index (χ0v) is 20.2. The molecule has 2 heterocycles. The number of hydrogen-bond donors (Lipinski definition) is 0. The Morgan fingerprint density at radius 3 is 2.65 bits per heavy atom. The molecule has 0 bridgehead atoms. The molecule has 5 aliphatic rings. The summed E-state index contributed by atoms with van der Waals surface area (Å²) < 4.78 is 23.1. The van der Waals surface area contributed by atoms with Crippen molar-refractivity contribution in [2.75, 3.05) is 0 Å². The molecule has 1 saturated heterocycles. The van der Waals surface area contributed by atoms with Crippen molar-refractivity contribution >= 4 is 12.4 Å². The first-order valence-corrected chi connectivity index (χ1v) is 12.8. The molecule has 0 amide bonds. The van der Waals surface area contributed by atoms with Gasteiger partial charge in [0.2, 0.25) is 0 Å². The number of fused-ring (bicyclic) bond motifs is 3. The van der Waals surface area contributed by atoms with Crippen molar-refractivity contribution < 1.29 is 28.2 Å². The van der Waals surface area contributed by atoms with Gasteiger partial charge in [0.15, 0.2) is 0 Å². The van der Waals surface area contributed by atoms with Gasteiger partial charge < -0.3 is 18.6 Å². The molecule has 1 aliphatic heterocycles. The minimum atomic E-state index is -0.379. The van der Waals surface area contributed by atoms with Crippen LogP contribution in [0.3, 0.4) is 0 Å². The van der Waals surface area contributed by atoms with Crippen LogP contribution in [0, 0.1) is 28.6 Å². The van der Waals surface area contributed by atoms with Gasteiger partial charge in [-0.15, -0.1) is 0 Å². The first kappa shape index (κ1) is 22.3. The number of hydrogen-bond acceptors (Lipinski definition) is 7. The van der Waals surface area contributed by atoms with Gasteiger partial charge in [-0.2, -0.15) is 0 Å². The number of epoxide rings is 1. The van der Waals surface area contributed by atoms with Gasteiger partial charge in [0.25, 0.3) is 6.47 Å². The van der Waals surface area contributed by atoms with Crippen LogP contribution in [0.15, 0.2) is 27.6 Å². The molecule has 4 saturated carbocycles. The van der Waals surface area contributed by atoms with E-state index >= 15 is 0 Å². The highest BCUT2D eigenvalue weighted by molar-refractivity contribution is 5.66. The number of esters is 1. The quantitative estimate of drug-likeness (QED) is 0.373. The van der Waals surface area contributed by atoms with Crippen molar-refractivity contribution in [3.05, 3.63) is 34.4 Å². The largest absolute Gasteiger partial charge is 0.463 e. The van der Waals surface area contributed by atoms with Gasteiger partial charge in [-0.25, -0.2) is 4.79 Å². The molecule has 0 N–H and O–H groups in total. The third kappa shape index (κ3) is 2.82. The van der Waals surface area contributed by atoms with Crippen LogP contribution in [0.2, 0.25) is 0 Å². The van der Waals surface area contributed by atoms with Gasteiger partial charge in [-0.3, -0.25) is 9.59 Å². The molecule has 10 unspecified atom stereocenters. The second-order valence-corrected chi connectivity index (χ2v) is 11.8. The molecule has 1 spiro atoms. The van der Waals surface area contributed by atoms with Gasteiger partial charge in [0.05, 0.1) is 6.26 Å². The summed E-state index contributed by atoms with van der Waals surface area (Å²) in [5, 5.41) is 0. The van der Waals surface area contributed by atoms with Crippen molar-refractivity contribution in [3.8, 4) is 0 Å². The zero-order chi connectivity index (χ0) is 23.9. The molecule has 184 valence electrons. The lowest BCUT2D eigenvalue weighted by Crippen LogP contribution is -2.58. The zero-order valence-electron chi connectivity index (χ0n) is 20.2. The molecular weight excluding hydrogens is 436 g/mol. The topological polar surface area (TPSA) is 95.3 Å². The highest BCUT2D eigenvalue weighted by Gasteiger charge is 2.84. The van der Waals surface area contributed by atoms with E-state index in [2.05, 4.69) is 13.8 Å². The summed E-state index contributed by atoms with van der Waals surface area (Å²) in [6.07, 6.45) is 8.29. The standard InChI is InChI=1S/C27H34O7/c1-15(29)33-18-8-10-25(2)17(12-18)5-6-20-19(25)9-11-26(3)22(16-4-7-21(30)31-13-16)23(32-14-28)24-27(20,26)34-24/h4,7,13-14,17-20,22-24H,5-6,8-12H2,1-3H3. The van der Waals surface area contributed by atoms with E-state index < -0.39 is 0 Å². The van der Waals surface area contributed by atoms with Crippen LogP contribution < -0.4 is 5.63 Å². The maximum atomic E-state index is 11.6. The summed E-state index contributed by atoms with van der Waals surface area (Å²) in [5.74, 6) is 1.24. The minimum Gasteiger partial charge on any atom is -0.463 e. The van der Waals surface area contributed by atoms with Gasteiger partial charge in [-0.1, -0.05) is 13.8 Å². The second kappa shape index (κ2) is 7.42. The molecule has 10 atom stereocenters. The first-order chi connectivity index (χ1) is 16.2. The summed E-state index contributed by atoms with van der Waals surface area (Å²) >= 11 is 0. The minimum absolute atomic E-state index is 0.0398. The average Bonchev–Trinajstić information content (AvgIpc) is 3.49. The molecule has 6 rings (SSSR count). The highest BCUT2D eigenvalue weighted by atomic mass is 16.7. The van der Waals surface area contributed by atoms with Crippen LogP contribution in [0.4, 0.5) is 0 Å². The maximum absolute atomic E-state index is 11.6. The third-order valence-electron chi connectivity index (χ3n) is 10.7. The van der Waals surface area contributed by atoms with E-state index in [1.807, 2.05) is 6.07 Å². The fourth-order valence-corrected chi connectivity index (χ4v) is 9.32. The van der Waals surface area contributed by atoms with Crippen LogP contribution in [0.25, 0.3) is 0 Å². The van der Waals surface area contributed by atoms with E-state index in [1.165, 1.54) is 13.0 Å². The maximum Gasteiger partial charge on any atom is 0.335 e. The van der Waals surface area contributed by atoms with E-state index in [-0.39, 0.29) is 52.3 Å². The van der Waals surface area contributed by atoms with Gasteiger partial charge in [0.1, 0.15) is 23.9 Å². The van der Waals surface area contributed by atoms with Gasteiger partial charge in [-0.05, 0) is 79.7 Å². The van der Waals surface area contributed by atoms with Crippen molar-refractivity contribution in [1.29, 1.82) is 0 Å². The molecule has 5 fully saturated rings. The van der Waals surface area contributed by atoms with Crippen LogP contribution in [-0.2, 0) is 23.8 Å². The summed E-state index contributed by atoms with van der Waals surface area (Å²) in [4.78, 5) is 34.7. The molecule has 1 aromatic rings. The lowest BCUT2D eigenvalue weighted by molar-refractivity contribution is -0.165. The SMILES string of the molecule is CC(=O)OC1CCC2(C)C(CCC3C2CCC2(C)C(c4ccc(=O)oc4)C(OC=O)C4OC342)C1. The van der Waals surface area contributed by atoms with E-state index in [4.69, 9.17) is 18.6 Å². The second-order valence-electron chi connectivity index (χ2n) is 11.8. The Bertz CT molecular complexity index is 1040. The predicted octanol–water partition coefficient (Wildman–Crippen LogP) is 3.98. The van der Waals surface area contributed by atoms with Crippen LogP contribution in [0.5, 0.6) is 0 Å². The Kier molecular flexibility index (Phi) is 4.87. The fourth-order valence-electron chi connectivity index (χ4n) is 9.32. The molecular formula is C27H34O7. The monoisotopic (exact) mass is 470 g/mol. The molecule has 7 nitrogen and oxygen atoms in total. The fraction of sp³-hybridized carbons (Fsp3) is 0.741. The number of carbonyl (C=O) groups excluding carboxylic acids is 2. The summed E-state index contributed by atoms with van der Waals surface area (Å²) in [7, 11) is 0. The third-order valence-corrected chi connectivity index (χ3v) is 10.7. The summed E-state index contributed by atoms with van der Waals surface area (Å²) in [6.45, 7) is 6.79. The molecule has 4 aliphatic carbocycles. The smallest absolute Gasteiger partial charge is 0.335 e. The molecule has 7 heteroatoms. The van der Waals surface area contributed by atoms with E-state index in [9.17, 15) is 14.4 Å². The van der Waals surface area contributed by atoms with Crippen molar-refractivity contribution in [1.82, 2.24) is 0 Å². The normalized spacial score (nSPS) is 48.5. The average molecular weight is 471 g/mol. The van der Waals surface area contributed by atoms with Crippen molar-refractivity contribution in [3.63, 3.8) is 0 Å². The molecule has 34 heavy (non-hydrogen) atoms. The summed E-state index contributed by atoms with van der Waals surface area (Å²) in [6, 6.07) is 3.27. The van der Waals surface area contributed by atoms with Crippen molar-refractivity contribution in [2.24, 2.45) is 28.6 Å². The van der Waals surface area contributed by atoms with E-state index in [0.717, 1.165) is 50.5 Å². The predicted molar refractivity (Wildman–Crippen MR) is 121 cm³/mol. The van der Waals surface area contributed by atoms with Gasteiger partial charge in [0, 0.05) is 24.3 Å². The Balaban J connectivity index is 1.33. The lowest BCUT2D eigenvalue weighted by Gasteiger charge is -2.61. The van der Waals surface area contributed by atoms with Crippen molar-refractivity contribution in [2.45, 2.75) is 95.5 Å². The van der Waals surface area contributed by atoms with E-state index in [1.54, 1.807) is 6.26 Å². The molecule has 1 aromatic heterocycles. The highest BCUT2D eigenvalue weighted by Crippen LogP contribution is 2.78. The Labute approximate surface area is 199 Å². The molecule has 0 radical (unpaired) electrons. The summed E-state index contributed by atoms with van der Waals surface area (Å²) in [5.41, 5.74) is 0.208. The Morgan fingerprint density at radius 2 is 1.94 bits per heavy atom. The lowest BCUT2D eigenvalue weighted by atomic mass is 9.44. The van der Waals surface area contributed by atoms with Gasteiger partial charge >= 0.3 is 11.6 Å². The number of carbonyl (C=O) groups is 2. The Hall–Kier alpha value is -2.15. The van der Waals surface area contributed by atoms with Crippen LogP contribution in [0.1, 0.15) is 77.2 Å². The van der Waals surface area contributed by atoms with Crippen LogP contribution in [-0.4, -0.2) is 36.4 Å². The van der Waals surface area contributed by atoms with Crippen LogP contribution >= 0.6 is 0 Å². The number of rotatable bonds is 4. The van der Waals surface area contributed by atoms with E-state index in [0.29, 0.717) is 24.2 Å².